The summed E-state index contributed by atoms with van der Waals surface area (Å²) in [6.45, 7) is 10.3. The van der Waals surface area contributed by atoms with E-state index in [0.717, 1.165) is 26.1 Å². The van der Waals surface area contributed by atoms with E-state index in [1.807, 2.05) is 20.8 Å². The third-order valence-electron chi connectivity index (χ3n) is 2.65. The van der Waals surface area contributed by atoms with Crippen molar-refractivity contribution in [2.24, 2.45) is 0 Å². The predicted octanol–water partition coefficient (Wildman–Crippen LogP) is 1.50. The summed E-state index contributed by atoms with van der Waals surface area (Å²) in [7, 11) is 0. The highest BCUT2D eigenvalue weighted by atomic mass is 16.2. The summed E-state index contributed by atoms with van der Waals surface area (Å²) in [5, 5.41) is 0. The van der Waals surface area contributed by atoms with E-state index in [9.17, 15) is 9.59 Å². The van der Waals surface area contributed by atoms with Crippen LogP contribution in [0.15, 0.2) is 0 Å². The molecule has 0 spiro atoms. The summed E-state index contributed by atoms with van der Waals surface area (Å²) in [5.41, 5.74) is 0. The number of carbonyl (C=O) groups excluding carboxylic acids is 2. The molecule has 0 saturated carbocycles. The van der Waals surface area contributed by atoms with Gasteiger partial charge in [0.1, 0.15) is 0 Å². The van der Waals surface area contributed by atoms with Gasteiger partial charge >= 0.3 is 0 Å². The molecule has 4 nitrogen and oxygen atoms in total. The van der Waals surface area contributed by atoms with Crippen LogP contribution in [0.1, 0.15) is 40.5 Å². The van der Waals surface area contributed by atoms with E-state index < -0.39 is 0 Å². The summed E-state index contributed by atoms with van der Waals surface area (Å²) in [6.07, 6.45) is 1.36. The molecule has 0 atom stereocenters. The van der Waals surface area contributed by atoms with Crippen LogP contribution in [-0.2, 0) is 9.59 Å². The molecule has 0 heterocycles. The fourth-order valence-electron chi connectivity index (χ4n) is 1.66. The summed E-state index contributed by atoms with van der Waals surface area (Å²) in [6, 6.07) is 0. The van der Waals surface area contributed by atoms with Gasteiger partial charge in [-0.3, -0.25) is 9.59 Å². The Kier molecular flexibility index (Phi) is 7.60. The maximum absolute atomic E-state index is 11.7. The van der Waals surface area contributed by atoms with Gasteiger partial charge in [-0.05, 0) is 20.3 Å². The lowest BCUT2D eigenvalue weighted by Gasteiger charge is -2.23. The van der Waals surface area contributed by atoms with Crippen LogP contribution in [0.25, 0.3) is 0 Å². The highest BCUT2D eigenvalue weighted by Crippen LogP contribution is 1.99. The molecule has 0 radical (unpaired) electrons. The van der Waals surface area contributed by atoms with Gasteiger partial charge in [-0.1, -0.05) is 6.92 Å². The van der Waals surface area contributed by atoms with Crippen LogP contribution < -0.4 is 0 Å². The van der Waals surface area contributed by atoms with Crippen LogP contribution in [0.3, 0.4) is 0 Å². The van der Waals surface area contributed by atoms with E-state index in [-0.39, 0.29) is 11.8 Å². The van der Waals surface area contributed by atoms with Crippen LogP contribution in [0, 0.1) is 0 Å². The quantitative estimate of drug-likeness (QED) is 0.662. The average molecular weight is 228 g/mol. The van der Waals surface area contributed by atoms with Gasteiger partial charge in [-0.15, -0.1) is 0 Å². The van der Waals surface area contributed by atoms with E-state index in [0.29, 0.717) is 13.0 Å². The van der Waals surface area contributed by atoms with Crippen molar-refractivity contribution >= 4 is 11.8 Å². The second-order valence-electron chi connectivity index (χ2n) is 3.82. The molecule has 0 aromatic carbocycles. The smallest absolute Gasteiger partial charge is 0.224 e. The molecule has 0 aromatic rings. The number of hydrogen-bond acceptors (Lipinski definition) is 2. The lowest BCUT2D eigenvalue weighted by Crippen LogP contribution is -2.36. The topological polar surface area (TPSA) is 40.6 Å². The number of carbonyl (C=O) groups is 2. The number of rotatable bonds is 7. The normalized spacial score (nSPS) is 10.0. The van der Waals surface area contributed by atoms with Gasteiger partial charge in [0.15, 0.2) is 0 Å². The van der Waals surface area contributed by atoms with Crippen molar-refractivity contribution in [3.63, 3.8) is 0 Å². The van der Waals surface area contributed by atoms with Crippen LogP contribution >= 0.6 is 0 Å². The van der Waals surface area contributed by atoms with E-state index in [4.69, 9.17) is 0 Å². The molecule has 2 amide bonds. The minimum absolute atomic E-state index is 0.0502. The van der Waals surface area contributed by atoms with Gasteiger partial charge < -0.3 is 9.80 Å². The molecule has 0 saturated heterocycles. The summed E-state index contributed by atoms with van der Waals surface area (Å²) >= 11 is 0. The monoisotopic (exact) mass is 228 g/mol. The Hall–Kier alpha value is -1.06. The van der Waals surface area contributed by atoms with Crippen molar-refractivity contribution in [2.45, 2.75) is 40.5 Å². The third kappa shape index (κ3) is 5.14. The highest BCUT2D eigenvalue weighted by molar-refractivity contribution is 5.78. The summed E-state index contributed by atoms with van der Waals surface area (Å²) in [4.78, 5) is 26.5. The van der Waals surface area contributed by atoms with Crippen molar-refractivity contribution in [3.8, 4) is 0 Å². The Morgan fingerprint density at radius 1 is 0.938 bits per heavy atom. The molecule has 16 heavy (non-hydrogen) atoms. The molecular formula is C12H24N2O2. The molecule has 0 unspecified atom stereocenters. The molecule has 94 valence electrons. The van der Waals surface area contributed by atoms with Crippen molar-refractivity contribution in [1.82, 2.24) is 9.80 Å². The molecule has 4 heteroatoms. The van der Waals surface area contributed by atoms with Crippen molar-refractivity contribution in [1.29, 1.82) is 0 Å². The van der Waals surface area contributed by atoms with Crippen molar-refractivity contribution in [2.75, 3.05) is 26.2 Å². The molecule has 0 aliphatic rings. The second kappa shape index (κ2) is 8.13. The number of hydrogen-bond donors (Lipinski definition) is 0. The standard InChI is InChI=1S/C12H24N2O2/c1-5-9-14(11(4)15)10-8-12(16)13(6-2)7-3/h5-10H2,1-4H3. The van der Waals surface area contributed by atoms with E-state index in [2.05, 4.69) is 0 Å². The Balaban J connectivity index is 4.09. The molecular weight excluding hydrogens is 204 g/mol. The van der Waals surface area contributed by atoms with Gasteiger partial charge in [0, 0.05) is 39.5 Å². The molecule has 0 fully saturated rings. The number of amides is 2. The van der Waals surface area contributed by atoms with Crippen molar-refractivity contribution in [3.05, 3.63) is 0 Å². The highest BCUT2D eigenvalue weighted by Gasteiger charge is 2.13. The van der Waals surface area contributed by atoms with Gasteiger partial charge in [-0.2, -0.15) is 0 Å². The zero-order valence-electron chi connectivity index (χ0n) is 11.0. The Labute approximate surface area is 98.6 Å². The summed E-state index contributed by atoms with van der Waals surface area (Å²) in [5.74, 6) is 0.182. The maximum atomic E-state index is 11.7. The average Bonchev–Trinajstić information content (AvgIpc) is 2.25. The fourth-order valence-corrected chi connectivity index (χ4v) is 1.66. The Bertz CT molecular complexity index is 225. The lowest BCUT2D eigenvalue weighted by molar-refractivity contribution is -0.133. The Morgan fingerprint density at radius 3 is 1.88 bits per heavy atom. The second-order valence-corrected chi connectivity index (χ2v) is 3.82. The lowest BCUT2D eigenvalue weighted by atomic mass is 10.3. The maximum Gasteiger partial charge on any atom is 0.224 e. The minimum atomic E-state index is 0.0502. The fraction of sp³-hybridized carbons (Fsp3) is 0.833. The molecule has 0 bridgehead atoms. The van der Waals surface area contributed by atoms with Crippen LogP contribution in [-0.4, -0.2) is 47.8 Å². The number of nitrogens with zero attached hydrogens (tertiary/aromatic N) is 2. The van der Waals surface area contributed by atoms with Crippen LogP contribution in [0.4, 0.5) is 0 Å². The van der Waals surface area contributed by atoms with E-state index >= 15 is 0 Å². The molecule has 0 rings (SSSR count). The zero-order valence-corrected chi connectivity index (χ0v) is 11.0. The predicted molar refractivity (Wildman–Crippen MR) is 65.1 cm³/mol. The molecule has 0 aromatic heterocycles. The minimum Gasteiger partial charge on any atom is -0.343 e. The first kappa shape index (κ1) is 14.9. The Morgan fingerprint density at radius 2 is 1.50 bits per heavy atom. The van der Waals surface area contributed by atoms with E-state index in [1.54, 1.807) is 16.7 Å². The van der Waals surface area contributed by atoms with Gasteiger partial charge in [-0.25, -0.2) is 0 Å². The van der Waals surface area contributed by atoms with Crippen LogP contribution in [0.2, 0.25) is 0 Å². The first-order chi connectivity index (χ1) is 7.56. The third-order valence-corrected chi connectivity index (χ3v) is 2.65. The van der Waals surface area contributed by atoms with Crippen molar-refractivity contribution < 1.29 is 9.59 Å². The van der Waals surface area contributed by atoms with E-state index in [1.165, 1.54) is 0 Å². The van der Waals surface area contributed by atoms with Gasteiger partial charge in [0.05, 0.1) is 0 Å². The molecule has 0 aliphatic carbocycles. The van der Waals surface area contributed by atoms with Gasteiger partial charge in [0.2, 0.25) is 11.8 Å². The molecule has 0 N–H and O–H groups in total. The molecule has 0 aliphatic heterocycles. The SMILES string of the molecule is CCCN(CCC(=O)N(CC)CC)C(C)=O. The largest absolute Gasteiger partial charge is 0.343 e. The van der Waals surface area contributed by atoms with Crippen LogP contribution in [0.5, 0.6) is 0 Å². The zero-order chi connectivity index (χ0) is 12.6. The first-order valence-electron chi connectivity index (χ1n) is 6.10. The van der Waals surface area contributed by atoms with Gasteiger partial charge in [0.25, 0.3) is 0 Å². The summed E-state index contributed by atoms with van der Waals surface area (Å²) < 4.78 is 0. The first-order valence-corrected chi connectivity index (χ1v) is 6.10.